The molecule has 0 N–H and O–H groups in total. The van der Waals surface area contributed by atoms with Gasteiger partial charge in [0.25, 0.3) is 0 Å². The first-order valence-corrected chi connectivity index (χ1v) is 7.92. The highest BCUT2D eigenvalue weighted by molar-refractivity contribution is 7.80. The summed E-state index contributed by atoms with van der Waals surface area (Å²) < 4.78 is 0. The maximum absolute atomic E-state index is 4.60. The first kappa shape index (κ1) is 10.5. The summed E-state index contributed by atoms with van der Waals surface area (Å²) >= 11 is 4.60. The number of rotatable bonds is 1. The molecule has 1 aromatic rings. The van der Waals surface area contributed by atoms with Crippen LogP contribution in [-0.2, 0) is 6.42 Å². The zero-order valence-corrected chi connectivity index (χ0v) is 10.6. The quantitative estimate of drug-likeness (QED) is 0.539. The van der Waals surface area contributed by atoms with Crippen LogP contribution in [0.15, 0.2) is 23.1 Å². The van der Waals surface area contributed by atoms with Crippen molar-refractivity contribution in [1.29, 1.82) is 0 Å². The number of hydrogen-bond acceptors (Lipinski definition) is 1. The van der Waals surface area contributed by atoms with E-state index in [0.717, 1.165) is 5.66 Å². The Hall–Kier alpha value is -0.0000000000000000555. The lowest BCUT2D eigenvalue weighted by Crippen LogP contribution is -2.09. The molecule has 0 nitrogen and oxygen atoms in total. The molecule has 0 saturated carbocycles. The van der Waals surface area contributed by atoms with Crippen molar-refractivity contribution in [3.8, 4) is 0 Å². The van der Waals surface area contributed by atoms with Crippen molar-refractivity contribution in [1.82, 2.24) is 0 Å². The third-order valence-corrected chi connectivity index (χ3v) is 5.21. The van der Waals surface area contributed by atoms with E-state index in [-0.39, 0.29) is 7.92 Å². The Balaban J connectivity index is 2.47. The van der Waals surface area contributed by atoms with E-state index >= 15 is 0 Å². The number of fused-ring (bicyclic) bond motifs is 1. The molecule has 0 aromatic heterocycles. The SMILES string of the molecule is CP(C)C1CCCc2cccc(S)c21. The molecule has 1 atom stereocenters. The Morgan fingerprint density at radius 3 is 2.86 bits per heavy atom. The molecule has 0 spiro atoms. The van der Waals surface area contributed by atoms with E-state index in [0.29, 0.717) is 0 Å². The van der Waals surface area contributed by atoms with E-state index in [1.54, 1.807) is 11.1 Å². The summed E-state index contributed by atoms with van der Waals surface area (Å²) in [5.41, 5.74) is 3.89. The molecule has 0 amide bonds. The van der Waals surface area contributed by atoms with Crippen LogP contribution in [0.1, 0.15) is 29.6 Å². The van der Waals surface area contributed by atoms with Gasteiger partial charge in [0.15, 0.2) is 0 Å². The van der Waals surface area contributed by atoms with Gasteiger partial charge < -0.3 is 0 Å². The molecule has 1 aliphatic carbocycles. The summed E-state index contributed by atoms with van der Waals surface area (Å²) in [6.45, 7) is 4.77. The van der Waals surface area contributed by atoms with Crippen LogP contribution < -0.4 is 0 Å². The molecule has 0 fully saturated rings. The second-order valence-electron chi connectivity index (χ2n) is 4.22. The molecule has 0 heterocycles. The van der Waals surface area contributed by atoms with Crippen LogP contribution in [0.2, 0.25) is 0 Å². The fourth-order valence-corrected chi connectivity index (χ4v) is 4.36. The summed E-state index contributed by atoms with van der Waals surface area (Å²) in [4.78, 5) is 1.21. The van der Waals surface area contributed by atoms with Crippen molar-refractivity contribution < 1.29 is 0 Å². The van der Waals surface area contributed by atoms with Crippen LogP contribution in [-0.4, -0.2) is 13.3 Å². The summed E-state index contributed by atoms with van der Waals surface area (Å²) in [6.07, 6.45) is 3.97. The Kier molecular flexibility index (Phi) is 3.19. The molecule has 76 valence electrons. The zero-order chi connectivity index (χ0) is 10.1. The van der Waals surface area contributed by atoms with Crippen LogP contribution in [0, 0.1) is 0 Å². The fourth-order valence-electron chi connectivity index (χ4n) is 2.35. The largest absolute Gasteiger partial charge is 0.143 e. The highest BCUT2D eigenvalue weighted by Crippen LogP contribution is 2.52. The number of thiol groups is 1. The van der Waals surface area contributed by atoms with E-state index in [9.17, 15) is 0 Å². The fraction of sp³-hybridized carbons (Fsp3) is 0.500. The van der Waals surface area contributed by atoms with Gasteiger partial charge in [-0.15, -0.1) is 20.6 Å². The summed E-state index contributed by atoms with van der Waals surface area (Å²) in [5.74, 6) is 0. The lowest BCUT2D eigenvalue weighted by atomic mass is 9.91. The van der Waals surface area contributed by atoms with Gasteiger partial charge in [0.1, 0.15) is 0 Å². The van der Waals surface area contributed by atoms with Crippen molar-refractivity contribution in [2.24, 2.45) is 0 Å². The molecule has 0 aliphatic heterocycles. The van der Waals surface area contributed by atoms with Gasteiger partial charge in [-0.2, -0.15) is 0 Å². The monoisotopic (exact) mass is 224 g/mol. The van der Waals surface area contributed by atoms with Crippen molar-refractivity contribution in [3.05, 3.63) is 29.3 Å². The third kappa shape index (κ3) is 1.85. The van der Waals surface area contributed by atoms with Crippen molar-refractivity contribution >= 4 is 20.6 Å². The molecule has 1 aromatic carbocycles. The van der Waals surface area contributed by atoms with Gasteiger partial charge in [-0.1, -0.05) is 12.1 Å². The minimum absolute atomic E-state index is 0.130. The topological polar surface area (TPSA) is 0 Å². The van der Waals surface area contributed by atoms with Gasteiger partial charge in [0.2, 0.25) is 0 Å². The van der Waals surface area contributed by atoms with Gasteiger partial charge in [-0.25, -0.2) is 0 Å². The van der Waals surface area contributed by atoms with Gasteiger partial charge in [-0.3, -0.25) is 0 Å². The van der Waals surface area contributed by atoms with Crippen LogP contribution in [0.25, 0.3) is 0 Å². The van der Waals surface area contributed by atoms with Gasteiger partial charge in [0, 0.05) is 10.6 Å². The number of benzene rings is 1. The molecule has 14 heavy (non-hydrogen) atoms. The highest BCUT2D eigenvalue weighted by Gasteiger charge is 2.24. The van der Waals surface area contributed by atoms with E-state index in [4.69, 9.17) is 0 Å². The smallest absolute Gasteiger partial charge is 0.00812 e. The van der Waals surface area contributed by atoms with E-state index < -0.39 is 0 Å². The van der Waals surface area contributed by atoms with Crippen LogP contribution in [0.5, 0.6) is 0 Å². The van der Waals surface area contributed by atoms with E-state index in [1.807, 2.05) is 0 Å². The van der Waals surface area contributed by atoms with Crippen molar-refractivity contribution in [2.75, 3.05) is 13.3 Å². The molecular formula is C12H17PS. The third-order valence-electron chi connectivity index (χ3n) is 3.05. The predicted molar refractivity (Wildman–Crippen MR) is 68.1 cm³/mol. The Labute approximate surface area is 93.3 Å². The molecule has 0 bridgehead atoms. The minimum atomic E-state index is 0.130. The number of hydrogen-bond donors (Lipinski definition) is 1. The van der Waals surface area contributed by atoms with Gasteiger partial charge in [-0.05, 0) is 49.8 Å². The second kappa shape index (κ2) is 4.24. The first-order valence-electron chi connectivity index (χ1n) is 5.17. The Morgan fingerprint density at radius 1 is 1.36 bits per heavy atom. The average molecular weight is 224 g/mol. The predicted octanol–water partition coefficient (Wildman–Crippen LogP) is 4.09. The normalized spacial score (nSPS) is 21.0. The zero-order valence-electron chi connectivity index (χ0n) is 8.83. The summed E-state index contributed by atoms with van der Waals surface area (Å²) in [5, 5.41) is 0. The van der Waals surface area contributed by atoms with Gasteiger partial charge in [0.05, 0.1) is 0 Å². The lowest BCUT2D eigenvalue weighted by molar-refractivity contribution is 0.658. The standard InChI is InChI=1S/C12H17PS/c1-13(2)10-7-3-5-9-6-4-8-11(14)12(9)10/h4,6,8,10,14H,3,5,7H2,1-2H3. The maximum Gasteiger partial charge on any atom is 0.00812 e. The maximum atomic E-state index is 4.60. The minimum Gasteiger partial charge on any atom is -0.143 e. The van der Waals surface area contributed by atoms with E-state index in [2.05, 4.69) is 44.2 Å². The second-order valence-corrected chi connectivity index (χ2v) is 7.25. The lowest BCUT2D eigenvalue weighted by Gasteiger charge is -2.30. The highest BCUT2D eigenvalue weighted by atomic mass is 32.1. The first-order chi connectivity index (χ1) is 6.70. The molecule has 2 heteroatoms. The molecule has 1 unspecified atom stereocenters. The summed E-state index contributed by atoms with van der Waals surface area (Å²) in [7, 11) is 0.130. The Morgan fingerprint density at radius 2 is 2.14 bits per heavy atom. The average Bonchev–Trinajstić information content (AvgIpc) is 2.17. The van der Waals surface area contributed by atoms with Crippen LogP contribution in [0.4, 0.5) is 0 Å². The summed E-state index contributed by atoms with van der Waals surface area (Å²) in [6, 6.07) is 6.55. The molecule has 2 rings (SSSR count). The molecule has 0 radical (unpaired) electrons. The molecule has 0 saturated heterocycles. The van der Waals surface area contributed by atoms with E-state index in [1.165, 1.54) is 24.2 Å². The van der Waals surface area contributed by atoms with Crippen LogP contribution >= 0.6 is 20.6 Å². The Bertz CT molecular complexity index is 333. The molecule has 1 aliphatic rings. The van der Waals surface area contributed by atoms with Gasteiger partial charge >= 0.3 is 0 Å². The van der Waals surface area contributed by atoms with Crippen LogP contribution in [0.3, 0.4) is 0 Å². The molecular weight excluding hydrogens is 207 g/mol. The van der Waals surface area contributed by atoms with Crippen molar-refractivity contribution in [3.63, 3.8) is 0 Å². The van der Waals surface area contributed by atoms with Crippen molar-refractivity contribution in [2.45, 2.75) is 29.8 Å². The number of aryl methyl sites for hydroxylation is 1.